The predicted octanol–water partition coefficient (Wildman–Crippen LogP) is -0.426. The zero-order chi connectivity index (χ0) is 30.5. The fourth-order valence-corrected chi connectivity index (χ4v) is 4.26. The van der Waals surface area contributed by atoms with E-state index in [1.807, 2.05) is 0 Å². The molecule has 5 N–H and O–H groups in total. The van der Waals surface area contributed by atoms with Gasteiger partial charge in [0.2, 0.25) is 5.91 Å². The minimum absolute atomic E-state index is 0.0628. The molecule has 15 nitrogen and oxygen atoms in total. The minimum Gasteiger partial charge on any atom is -0.480 e. The van der Waals surface area contributed by atoms with Crippen LogP contribution in [0, 0.1) is 0 Å². The zero-order valence-electron chi connectivity index (χ0n) is 22.1. The molecule has 2 rings (SSSR count). The fourth-order valence-electron chi connectivity index (χ4n) is 4.26. The van der Waals surface area contributed by atoms with Gasteiger partial charge in [-0.1, -0.05) is 12.1 Å². The Labute approximate surface area is 234 Å². The summed E-state index contributed by atoms with van der Waals surface area (Å²) in [7, 11) is 0. The third-order valence-corrected chi connectivity index (χ3v) is 6.02. The maximum Gasteiger partial charge on any atom is 0.317 e. The van der Waals surface area contributed by atoms with Gasteiger partial charge in [-0.05, 0) is 37.0 Å². The molecule has 0 saturated heterocycles. The summed E-state index contributed by atoms with van der Waals surface area (Å²) in [5.74, 6) is -6.29. The minimum atomic E-state index is -1.31. The van der Waals surface area contributed by atoms with E-state index in [4.69, 9.17) is 10.2 Å². The van der Waals surface area contributed by atoms with Gasteiger partial charge in [0.1, 0.15) is 0 Å². The summed E-state index contributed by atoms with van der Waals surface area (Å²) < 4.78 is 0. The van der Waals surface area contributed by atoms with Crippen LogP contribution >= 0.6 is 0 Å². The Kier molecular flexibility index (Phi) is 12.6. The quantitative estimate of drug-likeness (QED) is 0.104. The lowest BCUT2D eigenvalue weighted by atomic mass is 10.0. The molecule has 3 amide bonds. The molecule has 0 aliphatic carbocycles. The van der Waals surface area contributed by atoms with E-state index in [-0.39, 0.29) is 43.7 Å². The molecule has 1 atom stereocenters. The van der Waals surface area contributed by atoms with Crippen molar-refractivity contribution in [2.45, 2.75) is 31.7 Å². The molecule has 0 spiro atoms. The smallest absolute Gasteiger partial charge is 0.317 e. The standard InChI is InChI=1S/C26H32N4O11/c31-20(3-1-2-10-30-21(32)8-9-22(30)33)27-18-6-4-17(5-7-18)11-19(29(15-25(38)39)16-26(40)41)12-28(13-23(34)35)14-24(36)37/h4-9,19H,1-3,10-16H2,(H,27,31)(H,34,35)(H,36,37)(H,38,39)(H,40,41). The largest absolute Gasteiger partial charge is 0.480 e. The first-order valence-corrected chi connectivity index (χ1v) is 12.6. The Morgan fingerprint density at radius 2 is 1.27 bits per heavy atom. The average Bonchev–Trinajstić information content (AvgIpc) is 3.17. The second kappa shape index (κ2) is 15.8. The van der Waals surface area contributed by atoms with E-state index in [9.17, 15) is 43.8 Å². The summed E-state index contributed by atoms with van der Waals surface area (Å²) in [4.78, 5) is 84.0. The van der Waals surface area contributed by atoms with E-state index < -0.39 is 56.1 Å². The first-order valence-electron chi connectivity index (χ1n) is 12.6. The van der Waals surface area contributed by atoms with Crippen LogP contribution in [0.2, 0.25) is 0 Å². The SMILES string of the molecule is O=C(O)CN(CC(=O)O)CC(Cc1ccc(NC(=O)CCCCN2C(=O)C=CC2=O)cc1)N(CC(=O)O)CC(=O)O. The second-order valence-electron chi connectivity index (χ2n) is 9.37. The monoisotopic (exact) mass is 576 g/mol. The molecule has 0 radical (unpaired) electrons. The molecule has 0 fully saturated rings. The van der Waals surface area contributed by atoms with Crippen molar-refractivity contribution in [1.82, 2.24) is 14.7 Å². The molecule has 1 aliphatic rings. The molecule has 0 bridgehead atoms. The third kappa shape index (κ3) is 12.0. The average molecular weight is 577 g/mol. The summed E-state index contributed by atoms with van der Waals surface area (Å²) in [6.07, 6.45) is 3.49. The van der Waals surface area contributed by atoms with Gasteiger partial charge in [-0.3, -0.25) is 48.3 Å². The van der Waals surface area contributed by atoms with E-state index in [1.54, 1.807) is 24.3 Å². The van der Waals surface area contributed by atoms with Crippen LogP contribution in [0.4, 0.5) is 5.69 Å². The van der Waals surface area contributed by atoms with Crippen molar-refractivity contribution in [1.29, 1.82) is 0 Å². The number of carboxylic acid groups (broad SMARTS) is 4. The van der Waals surface area contributed by atoms with Gasteiger partial charge in [0.25, 0.3) is 11.8 Å². The number of hydrogen-bond donors (Lipinski definition) is 5. The van der Waals surface area contributed by atoms with Gasteiger partial charge in [-0.25, -0.2) is 0 Å². The van der Waals surface area contributed by atoms with E-state index >= 15 is 0 Å². The number of rotatable bonds is 19. The number of imide groups is 1. The summed E-state index contributed by atoms with van der Waals surface area (Å²) in [6.45, 7) is -2.66. The normalized spacial score (nSPS) is 13.6. The molecular formula is C26H32N4O11. The summed E-state index contributed by atoms with van der Waals surface area (Å²) in [6, 6.07) is 5.55. The van der Waals surface area contributed by atoms with Crippen molar-refractivity contribution in [2.24, 2.45) is 0 Å². The van der Waals surface area contributed by atoms with Crippen LogP contribution in [0.25, 0.3) is 0 Å². The maximum atomic E-state index is 12.3. The number of unbranched alkanes of at least 4 members (excludes halogenated alkanes) is 1. The van der Waals surface area contributed by atoms with Gasteiger partial charge in [-0.15, -0.1) is 0 Å². The molecule has 0 saturated carbocycles. The number of anilines is 1. The number of carbonyl (C=O) groups is 7. The summed E-state index contributed by atoms with van der Waals surface area (Å²) in [5, 5.41) is 39.7. The van der Waals surface area contributed by atoms with Gasteiger partial charge < -0.3 is 25.7 Å². The number of nitrogens with zero attached hydrogens (tertiary/aromatic N) is 3. The van der Waals surface area contributed by atoms with Crippen LogP contribution in [-0.2, 0) is 40.0 Å². The lowest BCUT2D eigenvalue weighted by Gasteiger charge is -2.33. The highest BCUT2D eigenvalue weighted by atomic mass is 16.4. The summed E-state index contributed by atoms with van der Waals surface area (Å²) in [5.41, 5.74) is 1.06. The van der Waals surface area contributed by atoms with E-state index in [0.29, 0.717) is 24.1 Å². The number of amides is 3. The van der Waals surface area contributed by atoms with Gasteiger partial charge >= 0.3 is 23.9 Å². The molecule has 1 unspecified atom stereocenters. The van der Waals surface area contributed by atoms with Crippen molar-refractivity contribution >= 4 is 47.3 Å². The molecule has 0 aromatic heterocycles. The molecule has 1 aromatic rings. The van der Waals surface area contributed by atoms with Crippen LogP contribution in [0.5, 0.6) is 0 Å². The molecule has 1 aromatic carbocycles. The van der Waals surface area contributed by atoms with E-state index in [1.165, 1.54) is 12.2 Å². The van der Waals surface area contributed by atoms with Gasteiger partial charge in [0, 0.05) is 43.4 Å². The van der Waals surface area contributed by atoms with Crippen LogP contribution in [0.15, 0.2) is 36.4 Å². The fraction of sp³-hybridized carbons (Fsp3) is 0.423. The first kappa shape index (κ1) is 32.6. The molecule has 222 valence electrons. The number of carboxylic acids is 4. The van der Waals surface area contributed by atoms with Crippen LogP contribution < -0.4 is 5.32 Å². The van der Waals surface area contributed by atoms with Crippen molar-refractivity contribution in [3.63, 3.8) is 0 Å². The maximum absolute atomic E-state index is 12.3. The Morgan fingerprint density at radius 1 is 0.756 bits per heavy atom. The van der Waals surface area contributed by atoms with Crippen LogP contribution in [-0.4, -0.2) is 122 Å². The molecular weight excluding hydrogens is 544 g/mol. The van der Waals surface area contributed by atoms with Gasteiger partial charge in [0.15, 0.2) is 0 Å². The highest BCUT2D eigenvalue weighted by Gasteiger charge is 2.27. The number of hydrogen-bond acceptors (Lipinski definition) is 9. The molecule has 41 heavy (non-hydrogen) atoms. The molecule has 1 aliphatic heterocycles. The van der Waals surface area contributed by atoms with E-state index in [0.717, 1.165) is 14.7 Å². The topological polar surface area (TPSA) is 222 Å². The van der Waals surface area contributed by atoms with Crippen molar-refractivity contribution in [3.05, 3.63) is 42.0 Å². The lowest BCUT2D eigenvalue weighted by molar-refractivity contribution is -0.146. The van der Waals surface area contributed by atoms with Crippen molar-refractivity contribution in [3.8, 4) is 0 Å². The van der Waals surface area contributed by atoms with E-state index in [2.05, 4.69) is 5.32 Å². The highest BCUT2D eigenvalue weighted by molar-refractivity contribution is 6.12. The Balaban J connectivity index is 2.04. The lowest BCUT2D eigenvalue weighted by Crippen LogP contribution is -2.50. The third-order valence-electron chi connectivity index (χ3n) is 6.02. The van der Waals surface area contributed by atoms with Gasteiger partial charge in [0.05, 0.1) is 26.2 Å². The van der Waals surface area contributed by atoms with Crippen LogP contribution in [0.1, 0.15) is 24.8 Å². The molecule has 15 heteroatoms. The van der Waals surface area contributed by atoms with Crippen molar-refractivity contribution < 1.29 is 54.0 Å². The first-order chi connectivity index (χ1) is 19.3. The summed E-state index contributed by atoms with van der Waals surface area (Å²) >= 11 is 0. The van der Waals surface area contributed by atoms with Gasteiger partial charge in [-0.2, -0.15) is 0 Å². The molecule has 1 heterocycles. The van der Waals surface area contributed by atoms with Crippen LogP contribution in [0.3, 0.4) is 0 Å². The Hall–Kier alpha value is -4.63. The number of aliphatic carboxylic acids is 4. The number of nitrogens with one attached hydrogen (secondary N) is 1. The Morgan fingerprint density at radius 3 is 1.76 bits per heavy atom. The zero-order valence-corrected chi connectivity index (χ0v) is 22.1. The predicted molar refractivity (Wildman–Crippen MR) is 141 cm³/mol. The van der Waals surface area contributed by atoms with Crippen molar-refractivity contribution in [2.75, 3.05) is 44.6 Å². The number of benzene rings is 1. The number of carbonyl (C=O) groups excluding carboxylic acids is 3. The highest BCUT2D eigenvalue weighted by Crippen LogP contribution is 2.16. The Bertz CT molecular complexity index is 1130. The second-order valence-corrected chi connectivity index (χ2v) is 9.37.